The van der Waals surface area contributed by atoms with Crippen LogP contribution in [0.3, 0.4) is 0 Å². The molecule has 0 aliphatic rings. The van der Waals surface area contributed by atoms with Gasteiger partial charge < -0.3 is 15.0 Å². The van der Waals surface area contributed by atoms with Crippen molar-refractivity contribution in [2.45, 2.75) is 40.2 Å². The van der Waals surface area contributed by atoms with Crippen LogP contribution in [0.2, 0.25) is 0 Å². The average molecular weight is 292 g/mol. The molecule has 0 aliphatic heterocycles. The number of nitrogens with zero attached hydrogens (tertiary/aromatic N) is 1. The third-order valence-electron chi connectivity index (χ3n) is 4.26. The minimum absolute atomic E-state index is 0.295. The van der Waals surface area contributed by atoms with Crippen LogP contribution < -0.4 is 10.1 Å². The quantitative estimate of drug-likeness (QED) is 0.752. The van der Waals surface area contributed by atoms with Crippen LogP contribution in [-0.4, -0.2) is 38.7 Å². The fourth-order valence-corrected chi connectivity index (χ4v) is 2.63. The molecule has 0 spiro atoms. The van der Waals surface area contributed by atoms with E-state index in [4.69, 9.17) is 4.74 Å². The fraction of sp³-hybridized carbons (Fsp3) is 0.667. The van der Waals surface area contributed by atoms with E-state index in [1.807, 2.05) is 7.05 Å². The largest absolute Gasteiger partial charge is 0.496 e. The van der Waals surface area contributed by atoms with Gasteiger partial charge in [0, 0.05) is 24.7 Å². The molecule has 21 heavy (non-hydrogen) atoms. The minimum atomic E-state index is 0.295. The molecule has 0 heterocycles. The van der Waals surface area contributed by atoms with Crippen molar-refractivity contribution < 1.29 is 4.74 Å². The Balaban J connectivity index is 2.89. The number of hydrogen-bond donors (Lipinski definition) is 1. The van der Waals surface area contributed by atoms with Gasteiger partial charge in [0.2, 0.25) is 0 Å². The molecule has 0 saturated carbocycles. The van der Waals surface area contributed by atoms with Crippen molar-refractivity contribution in [2.75, 3.05) is 33.8 Å². The molecule has 0 fully saturated rings. The van der Waals surface area contributed by atoms with Gasteiger partial charge in [-0.05, 0) is 32.5 Å². The number of rotatable bonds is 9. The molecule has 0 saturated heterocycles. The fourth-order valence-electron chi connectivity index (χ4n) is 2.63. The summed E-state index contributed by atoms with van der Waals surface area (Å²) in [7, 11) is 3.78. The summed E-state index contributed by atoms with van der Waals surface area (Å²) in [6.45, 7) is 12.2. The van der Waals surface area contributed by atoms with Crippen molar-refractivity contribution >= 4 is 0 Å². The summed E-state index contributed by atoms with van der Waals surface area (Å²) in [4.78, 5) is 2.52. The van der Waals surface area contributed by atoms with Crippen LogP contribution in [0.5, 0.6) is 5.75 Å². The Hall–Kier alpha value is -1.06. The maximum absolute atomic E-state index is 5.54. The molecule has 120 valence electrons. The van der Waals surface area contributed by atoms with E-state index in [2.05, 4.69) is 56.1 Å². The van der Waals surface area contributed by atoms with Crippen molar-refractivity contribution in [1.82, 2.24) is 10.2 Å². The van der Waals surface area contributed by atoms with Gasteiger partial charge in [0.25, 0.3) is 0 Å². The van der Waals surface area contributed by atoms with Crippen LogP contribution in [0.25, 0.3) is 0 Å². The smallest absolute Gasteiger partial charge is 0.123 e. The standard InChI is InChI=1S/C18H32N2O/c1-7-14(3)12-20(8-2)13-17(19-5)16-11-15(4)9-10-18(16)21-6/h9-11,14,17,19H,7-8,12-13H2,1-6H3. The van der Waals surface area contributed by atoms with Gasteiger partial charge in [-0.3, -0.25) is 0 Å². The van der Waals surface area contributed by atoms with Gasteiger partial charge in [0.05, 0.1) is 7.11 Å². The lowest BCUT2D eigenvalue weighted by Gasteiger charge is -2.29. The lowest BCUT2D eigenvalue weighted by molar-refractivity contribution is 0.222. The first kappa shape index (κ1) is 18.0. The number of hydrogen-bond acceptors (Lipinski definition) is 3. The van der Waals surface area contributed by atoms with Crippen LogP contribution in [0.1, 0.15) is 44.4 Å². The summed E-state index contributed by atoms with van der Waals surface area (Å²) in [5, 5.41) is 3.45. The number of aryl methyl sites for hydroxylation is 1. The minimum Gasteiger partial charge on any atom is -0.496 e. The molecule has 3 heteroatoms. The van der Waals surface area contributed by atoms with Crippen LogP contribution in [0.15, 0.2) is 18.2 Å². The first-order chi connectivity index (χ1) is 10.0. The van der Waals surface area contributed by atoms with E-state index in [-0.39, 0.29) is 0 Å². The molecule has 1 aromatic rings. The molecule has 2 unspecified atom stereocenters. The molecule has 0 aromatic heterocycles. The van der Waals surface area contributed by atoms with E-state index < -0.39 is 0 Å². The molecule has 0 amide bonds. The predicted molar refractivity (Wildman–Crippen MR) is 91.1 cm³/mol. The Morgan fingerprint density at radius 3 is 2.48 bits per heavy atom. The van der Waals surface area contributed by atoms with Gasteiger partial charge >= 0.3 is 0 Å². The summed E-state index contributed by atoms with van der Waals surface area (Å²) in [6, 6.07) is 6.70. The highest BCUT2D eigenvalue weighted by molar-refractivity contribution is 5.39. The Morgan fingerprint density at radius 2 is 1.95 bits per heavy atom. The number of benzene rings is 1. The summed E-state index contributed by atoms with van der Waals surface area (Å²) >= 11 is 0. The summed E-state index contributed by atoms with van der Waals surface area (Å²) in [5.74, 6) is 1.71. The van der Waals surface area contributed by atoms with Crippen molar-refractivity contribution in [3.8, 4) is 5.75 Å². The van der Waals surface area contributed by atoms with Crippen molar-refractivity contribution in [3.05, 3.63) is 29.3 Å². The van der Waals surface area contributed by atoms with E-state index in [0.29, 0.717) is 6.04 Å². The van der Waals surface area contributed by atoms with Gasteiger partial charge in [-0.25, -0.2) is 0 Å². The maximum atomic E-state index is 5.54. The Kier molecular flexibility index (Phi) is 7.76. The second-order valence-corrected chi connectivity index (χ2v) is 5.95. The van der Waals surface area contributed by atoms with Gasteiger partial charge in [0.15, 0.2) is 0 Å². The number of likely N-dealkylation sites (N-methyl/N-ethyl adjacent to an activating group) is 2. The molecule has 1 N–H and O–H groups in total. The third kappa shape index (κ3) is 5.33. The van der Waals surface area contributed by atoms with Gasteiger partial charge in [-0.15, -0.1) is 0 Å². The van der Waals surface area contributed by atoms with E-state index in [9.17, 15) is 0 Å². The highest BCUT2D eigenvalue weighted by Gasteiger charge is 2.18. The predicted octanol–water partition coefficient (Wildman–Crippen LogP) is 3.63. The molecule has 1 rings (SSSR count). The second kappa shape index (κ2) is 9.06. The summed E-state index contributed by atoms with van der Waals surface area (Å²) in [6.07, 6.45) is 1.23. The molecule has 1 aromatic carbocycles. The zero-order valence-corrected chi connectivity index (χ0v) is 14.6. The summed E-state index contributed by atoms with van der Waals surface area (Å²) < 4.78 is 5.54. The first-order valence-electron chi connectivity index (χ1n) is 8.09. The summed E-state index contributed by atoms with van der Waals surface area (Å²) in [5.41, 5.74) is 2.53. The van der Waals surface area contributed by atoms with Crippen molar-refractivity contribution in [1.29, 1.82) is 0 Å². The van der Waals surface area contributed by atoms with Crippen LogP contribution >= 0.6 is 0 Å². The molecule has 0 radical (unpaired) electrons. The van der Waals surface area contributed by atoms with Crippen LogP contribution in [0, 0.1) is 12.8 Å². The van der Waals surface area contributed by atoms with Gasteiger partial charge in [-0.1, -0.05) is 44.9 Å². The zero-order chi connectivity index (χ0) is 15.8. The Bertz CT molecular complexity index is 420. The topological polar surface area (TPSA) is 24.5 Å². The SMILES string of the molecule is CCC(C)CN(CC)CC(NC)c1cc(C)ccc1OC. The molecule has 0 aliphatic carbocycles. The average Bonchev–Trinajstić information content (AvgIpc) is 2.50. The van der Waals surface area contributed by atoms with E-state index in [0.717, 1.165) is 31.3 Å². The van der Waals surface area contributed by atoms with Crippen molar-refractivity contribution in [2.24, 2.45) is 5.92 Å². The maximum Gasteiger partial charge on any atom is 0.123 e. The highest BCUT2D eigenvalue weighted by Crippen LogP contribution is 2.27. The molecule has 0 bridgehead atoms. The Morgan fingerprint density at radius 1 is 1.24 bits per heavy atom. The lowest BCUT2D eigenvalue weighted by atomic mass is 10.0. The monoisotopic (exact) mass is 292 g/mol. The van der Waals surface area contributed by atoms with Crippen LogP contribution in [0.4, 0.5) is 0 Å². The Labute approximate surface area is 130 Å². The number of methoxy groups -OCH3 is 1. The first-order valence-corrected chi connectivity index (χ1v) is 8.09. The van der Waals surface area contributed by atoms with E-state index in [1.165, 1.54) is 17.5 Å². The second-order valence-electron chi connectivity index (χ2n) is 5.95. The number of ether oxygens (including phenoxy) is 1. The normalized spacial score (nSPS) is 14.2. The molecule has 2 atom stereocenters. The van der Waals surface area contributed by atoms with Gasteiger partial charge in [-0.2, -0.15) is 0 Å². The lowest BCUT2D eigenvalue weighted by Crippen LogP contribution is -2.36. The number of nitrogens with one attached hydrogen (secondary N) is 1. The molecular weight excluding hydrogens is 260 g/mol. The van der Waals surface area contributed by atoms with Crippen LogP contribution in [-0.2, 0) is 0 Å². The van der Waals surface area contributed by atoms with Gasteiger partial charge in [0.1, 0.15) is 5.75 Å². The van der Waals surface area contributed by atoms with E-state index in [1.54, 1.807) is 7.11 Å². The van der Waals surface area contributed by atoms with Crippen molar-refractivity contribution in [3.63, 3.8) is 0 Å². The molecular formula is C18H32N2O. The third-order valence-corrected chi connectivity index (χ3v) is 4.26. The molecule has 3 nitrogen and oxygen atoms in total. The zero-order valence-electron chi connectivity index (χ0n) is 14.6. The van der Waals surface area contributed by atoms with E-state index >= 15 is 0 Å². The highest BCUT2D eigenvalue weighted by atomic mass is 16.5.